The van der Waals surface area contributed by atoms with Crippen LogP contribution in [0.5, 0.6) is 0 Å². The number of carbonyl (C=O) groups excluding carboxylic acids is 2. The normalized spacial score (nSPS) is 16.6. The molecular formula is C14H10N4O2S2. The van der Waals surface area contributed by atoms with E-state index in [1.807, 2.05) is 18.2 Å². The van der Waals surface area contributed by atoms with Crippen molar-refractivity contribution < 1.29 is 9.59 Å². The topological polar surface area (TPSA) is 75.2 Å². The number of fused-ring (bicyclic) bond motifs is 1. The highest BCUT2D eigenvalue weighted by molar-refractivity contribution is 8.26. The Kier molecular flexibility index (Phi) is 3.86. The van der Waals surface area contributed by atoms with Gasteiger partial charge in [-0.2, -0.15) is 5.01 Å². The molecule has 0 aliphatic carbocycles. The number of hydrogen-bond acceptors (Lipinski definition) is 6. The largest absolute Gasteiger partial charge is 0.285 e. The van der Waals surface area contributed by atoms with Gasteiger partial charge in [0.2, 0.25) is 5.91 Å². The summed E-state index contributed by atoms with van der Waals surface area (Å²) >= 11 is 6.24. The zero-order chi connectivity index (χ0) is 15.7. The van der Waals surface area contributed by atoms with Crippen molar-refractivity contribution >= 4 is 57.2 Å². The highest BCUT2D eigenvalue weighted by Gasteiger charge is 2.33. The number of para-hydroxylation sites is 1. The molecule has 1 aromatic heterocycles. The number of nitrogens with zero attached hydrogens (tertiary/aromatic N) is 3. The van der Waals surface area contributed by atoms with E-state index in [2.05, 4.69) is 15.4 Å². The summed E-state index contributed by atoms with van der Waals surface area (Å²) in [6.07, 6.45) is 4.92. The molecule has 1 aliphatic heterocycles. The molecular weight excluding hydrogens is 320 g/mol. The molecule has 3 rings (SSSR count). The highest BCUT2D eigenvalue weighted by Crippen LogP contribution is 2.32. The van der Waals surface area contributed by atoms with Crippen molar-refractivity contribution in [1.29, 1.82) is 0 Å². The molecule has 1 aliphatic rings. The van der Waals surface area contributed by atoms with Crippen LogP contribution in [0.15, 0.2) is 35.5 Å². The molecule has 2 aromatic rings. The number of hydrogen-bond donors (Lipinski definition) is 1. The maximum Gasteiger partial charge on any atom is 0.285 e. The molecule has 1 saturated heterocycles. The van der Waals surface area contributed by atoms with Crippen molar-refractivity contribution in [3.8, 4) is 0 Å². The first kappa shape index (κ1) is 14.6. The Labute approximate surface area is 135 Å². The maximum absolute atomic E-state index is 12.3. The quantitative estimate of drug-likeness (QED) is 0.669. The van der Waals surface area contributed by atoms with E-state index in [0.717, 1.165) is 27.9 Å². The van der Waals surface area contributed by atoms with Crippen LogP contribution in [0.1, 0.15) is 12.5 Å². The van der Waals surface area contributed by atoms with Gasteiger partial charge < -0.3 is 0 Å². The summed E-state index contributed by atoms with van der Waals surface area (Å²) in [6, 6.07) is 5.54. The van der Waals surface area contributed by atoms with Gasteiger partial charge in [-0.3, -0.25) is 25.0 Å². The molecule has 110 valence electrons. The lowest BCUT2D eigenvalue weighted by atomic mass is 10.1. The summed E-state index contributed by atoms with van der Waals surface area (Å²) in [4.78, 5) is 32.4. The molecule has 22 heavy (non-hydrogen) atoms. The van der Waals surface area contributed by atoms with Crippen LogP contribution < -0.4 is 5.43 Å². The summed E-state index contributed by atoms with van der Waals surface area (Å²) in [5.41, 5.74) is 4.63. The third kappa shape index (κ3) is 2.70. The summed E-state index contributed by atoms with van der Waals surface area (Å²) < 4.78 is 0.290. The molecule has 6 nitrogen and oxygen atoms in total. The van der Waals surface area contributed by atoms with E-state index in [9.17, 15) is 9.59 Å². The van der Waals surface area contributed by atoms with Crippen LogP contribution >= 0.6 is 24.0 Å². The van der Waals surface area contributed by atoms with Crippen LogP contribution in [-0.2, 0) is 9.59 Å². The predicted molar refractivity (Wildman–Crippen MR) is 88.4 cm³/mol. The van der Waals surface area contributed by atoms with Crippen LogP contribution in [-0.4, -0.2) is 31.1 Å². The van der Waals surface area contributed by atoms with E-state index in [1.165, 1.54) is 6.92 Å². The van der Waals surface area contributed by atoms with Crippen LogP contribution in [0.4, 0.5) is 0 Å². The van der Waals surface area contributed by atoms with Gasteiger partial charge in [0.1, 0.15) is 0 Å². The molecule has 0 bridgehead atoms. The van der Waals surface area contributed by atoms with Crippen LogP contribution in [0, 0.1) is 0 Å². The van der Waals surface area contributed by atoms with E-state index in [0.29, 0.717) is 10.4 Å². The fraction of sp³-hybridized carbons (Fsp3) is 0.0714. The van der Waals surface area contributed by atoms with Crippen molar-refractivity contribution in [1.82, 2.24) is 20.4 Å². The molecule has 0 unspecified atom stereocenters. The second-order valence-electron chi connectivity index (χ2n) is 4.46. The molecule has 0 saturated carbocycles. The van der Waals surface area contributed by atoms with Crippen molar-refractivity contribution in [2.45, 2.75) is 6.92 Å². The molecule has 0 radical (unpaired) electrons. The lowest BCUT2D eigenvalue weighted by molar-refractivity contribution is -0.131. The van der Waals surface area contributed by atoms with E-state index >= 15 is 0 Å². The third-order valence-corrected chi connectivity index (χ3v) is 4.18. The number of rotatable bonds is 2. The fourth-order valence-electron chi connectivity index (χ4n) is 1.99. The number of amides is 2. The first-order chi connectivity index (χ1) is 10.6. The van der Waals surface area contributed by atoms with E-state index < -0.39 is 0 Å². The number of benzene rings is 1. The standard InChI is InChI=1S/C14H10N4O2S2/c1-8(19)17-18-13(20)11(22-14(18)21)7-9-3-2-4-10-12(9)16-6-5-15-10/h2-7H,1H3,(H,17,19)/b11-7-. The number of thioether (sulfide) groups is 1. The van der Waals surface area contributed by atoms with E-state index in [1.54, 1.807) is 18.5 Å². The molecule has 0 spiro atoms. The van der Waals surface area contributed by atoms with Gasteiger partial charge >= 0.3 is 0 Å². The fourth-order valence-corrected chi connectivity index (χ4v) is 3.16. The minimum Gasteiger partial charge on any atom is -0.274 e. The minimum absolute atomic E-state index is 0.290. The molecule has 1 N–H and O–H groups in total. The van der Waals surface area contributed by atoms with E-state index in [-0.39, 0.29) is 16.1 Å². The summed E-state index contributed by atoms with van der Waals surface area (Å²) in [7, 11) is 0. The Morgan fingerprint density at radius 1 is 1.36 bits per heavy atom. The van der Waals surface area contributed by atoms with Crippen LogP contribution in [0.3, 0.4) is 0 Å². The Bertz CT molecular complexity index is 829. The van der Waals surface area contributed by atoms with Gasteiger partial charge in [0.25, 0.3) is 5.91 Å². The van der Waals surface area contributed by atoms with Gasteiger partial charge in [-0.1, -0.05) is 23.9 Å². The minimum atomic E-state index is -0.355. The monoisotopic (exact) mass is 330 g/mol. The molecule has 0 atom stereocenters. The van der Waals surface area contributed by atoms with Crippen molar-refractivity contribution in [3.05, 3.63) is 41.1 Å². The number of hydrazine groups is 1. The summed E-state index contributed by atoms with van der Waals surface area (Å²) in [5.74, 6) is -0.709. The van der Waals surface area contributed by atoms with E-state index in [4.69, 9.17) is 12.2 Å². The van der Waals surface area contributed by atoms with Crippen molar-refractivity contribution in [3.63, 3.8) is 0 Å². The first-order valence-corrected chi connectivity index (χ1v) is 7.53. The zero-order valence-corrected chi connectivity index (χ0v) is 13.1. The van der Waals surface area contributed by atoms with Gasteiger partial charge in [-0.05, 0) is 24.4 Å². The number of aromatic nitrogens is 2. The number of thiocarbonyl (C=S) groups is 1. The first-order valence-electron chi connectivity index (χ1n) is 6.31. The number of nitrogens with one attached hydrogen (secondary N) is 1. The van der Waals surface area contributed by atoms with Crippen LogP contribution in [0.25, 0.3) is 17.1 Å². The van der Waals surface area contributed by atoms with Gasteiger partial charge in [-0.25, -0.2) is 0 Å². The zero-order valence-electron chi connectivity index (χ0n) is 11.4. The molecule has 1 aromatic carbocycles. The predicted octanol–water partition coefficient (Wildman–Crippen LogP) is 1.88. The smallest absolute Gasteiger partial charge is 0.274 e. The Morgan fingerprint density at radius 3 is 2.91 bits per heavy atom. The molecule has 2 amide bonds. The Hall–Kier alpha value is -2.32. The third-order valence-electron chi connectivity index (χ3n) is 2.88. The lowest BCUT2D eigenvalue weighted by Crippen LogP contribution is -2.43. The second-order valence-corrected chi connectivity index (χ2v) is 6.13. The average Bonchev–Trinajstić information content (AvgIpc) is 2.75. The van der Waals surface area contributed by atoms with Crippen molar-refractivity contribution in [2.75, 3.05) is 0 Å². The maximum atomic E-state index is 12.3. The van der Waals surface area contributed by atoms with Crippen molar-refractivity contribution in [2.24, 2.45) is 0 Å². The summed E-state index contributed by atoms with van der Waals surface area (Å²) in [6.45, 7) is 1.32. The molecule has 8 heteroatoms. The SMILES string of the molecule is CC(=O)NN1C(=O)/C(=C/c2cccc3nccnc23)SC1=S. The van der Waals surface area contributed by atoms with Gasteiger partial charge in [-0.15, -0.1) is 0 Å². The number of carbonyl (C=O) groups is 2. The summed E-state index contributed by atoms with van der Waals surface area (Å²) in [5, 5.41) is 1.07. The lowest BCUT2D eigenvalue weighted by Gasteiger charge is -2.13. The van der Waals surface area contributed by atoms with Gasteiger partial charge in [0, 0.05) is 24.9 Å². The Balaban J connectivity index is 2.00. The van der Waals surface area contributed by atoms with Gasteiger partial charge in [0.15, 0.2) is 4.32 Å². The molecule has 2 heterocycles. The van der Waals surface area contributed by atoms with Crippen LogP contribution in [0.2, 0.25) is 0 Å². The second kappa shape index (κ2) is 5.82. The van der Waals surface area contributed by atoms with Gasteiger partial charge in [0.05, 0.1) is 15.9 Å². The Morgan fingerprint density at radius 2 is 2.14 bits per heavy atom. The highest BCUT2D eigenvalue weighted by atomic mass is 32.2. The molecule has 1 fully saturated rings. The average molecular weight is 330 g/mol.